The van der Waals surface area contributed by atoms with E-state index in [-0.39, 0.29) is 5.41 Å². The molecule has 0 unspecified atom stereocenters. The van der Waals surface area contributed by atoms with E-state index in [1.165, 1.54) is 89.0 Å². The molecule has 0 saturated heterocycles. The molecule has 374 valence electrons. The summed E-state index contributed by atoms with van der Waals surface area (Å²) in [6.07, 6.45) is 0. The summed E-state index contributed by atoms with van der Waals surface area (Å²) < 4.78 is 0. The fourth-order valence-electron chi connectivity index (χ4n) is 14.3. The molecule has 2 heteroatoms. The number of hydrogen-bond acceptors (Lipinski definition) is 2. The van der Waals surface area contributed by atoms with Crippen molar-refractivity contribution in [1.82, 2.24) is 0 Å². The van der Waals surface area contributed by atoms with Gasteiger partial charge in [0.2, 0.25) is 0 Å². The molecule has 0 fully saturated rings. The van der Waals surface area contributed by atoms with Crippen LogP contribution < -0.4 is 9.80 Å². The zero-order valence-corrected chi connectivity index (χ0v) is 44.3. The first-order valence-corrected chi connectivity index (χ1v) is 27.7. The molecule has 2 nitrogen and oxygen atoms in total. The molecule has 15 rings (SSSR count). The Hall–Kier alpha value is -9.76. The van der Waals surface area contributed by atoms with Crippen LogP contribution in [0.25, 0.3) is 33.4 Å². The van der Waals surface area contributed by atoms with Crippen LogP contribution in [0.4, 0.5) is 34.1 Å². The van der Waals surface area contributed by atoms with Crippen molar-refractivity contribution < 1.29 is 0 Å². The summed E-state index contributed by atoms with van der Waals surface area (Å²) in [7, 11) is 0. The molecule has 3 aliphatic rings. The monoisotopic (exact) mass is 1010 g/mol. The quantitative estimate of drug-likeness (QED) is 0.142. The van der Waals surface area contributed by atoms with Gasteiger partial charge in [-0.2, -0.15) is 0 Å². The van der Waals surface area contributed by atoms with Gasteiger partial charge in [0, 0.05) is 39.4 Å². The third-order valence-electron chi connectivity index (χ3n) is 17.6. The summed E-state index contributed by atoms with van der Waals surface area (Å²) in [4.78, 5) is 4.90. The lowest BCUT2D eigenvalue weighted by molar-refractivity contribution is 0.623. The number of hydrogen-bond donors (Lipinski definition) is 0. The first kappa shape index (κ1) is 46.5. The third-order valence-corrected chi connectivity index (χ3v) is 17.6. The van der Waals surface area contributed by atoms with E-state index in [1.54, 1.807) is 0 Å². The van der Waals surface area contributed by atoms with Crippen LogP contribution in [-0.4, -0.2) is 0 Å². The number of para-hydroxylation sites is 1. The Bertz CT molecular complexity index is 4170. The molecule has 0 saturated carbocycles. The lowest BCUT2D eigenvalue weighted by atomic mass is 9.51. The van der Waals surface area contributed by atoms with Gasteiger partial charge in [0.25, 0.3) is 0 Å². The summed E-state index contributed by atoms with van der Waals surface area (Å²) >= 11 is 0. The summed E-state index contributed by atoms with van der Waals surface area (Å²) in [6, 6.07) is 113. The van der Waals surface area contributed by atoms with Gasteiger partial charge in [-0.1, -0.05) is 250 Å². The van der Waals surface area contributed by atoms with E-state index in [4.69, 9.17) is 0 Å². The Kier molecular flexibility index (Phi) is 10.7. The van der Waals surface area contributed by atoms with Crippen molar-refractivity contribution in [3.8, 4) is 33.4 Å². The van der Waals surface area contributed by atoms with E-state index in [0.29, 0.717) is 0 Å². The van der Waals surface area contributed by atoms with Crippen molar-refractivity contribution in [2.24, 2.45) is 0 Å². The van der Waals surface area contributed by atoms with Gasteiger partial charge in [0.1, 0.15) is 0 Å². The third kappa shape index (κ3) is 6.84. The SMILES string of the molecule is CC1(C)c2ccccc2-c2ccc(N(c3ccc(N(c4ccccc4)c4ccc(-c5ccccc5)cc4)cc3)c3cccc4c3-c3ccccc3C43c4ccccc4C(c4ccccc4)(c4ccccc4)c4ccccc43)cc21. The number of fused-ring (bicyclic) bond motifs is 12. The minimum atomic E-state index is -0.647. The highest BCUT2D eigenvalue weighted by molar-refractivity contribution is 5.99. The second-order valence-electron chi connectivity index (χ2n) is 21.9. The predicted molar refractivity (Wildman–Crippen MR) is 328 cm³/mol. The smallest absolute Gasteiger partial charge is 0.0720 e. The van der Waals surface area contributed by atoms with Gasteiger partial charge in [0.15, 0.2) is 0 Å². The average molecular weight is 1010 g/mol. The molecular formula is C77H56N2. The standard InChI is InChI=1S/C77H56N2/c1-75(2)65-34-17-15-32-62(65)63-51-50-61(52-72(63)75)79(60-48-46-59(47-49-60)78(57-30-13-6-14-31-57)58-44-42-54(43-45-58)53-24-7-3-8-25-53)73-41-23-40-71-74(73)64-33-16-18-35-66(64)77(71)69-38-21-19-36-67(69)76(55-26-9-4-10-27-55,56-28-11-5-12-29-56)68-37-20-22-39-70(68)77/h3-52H,1-2H3. The molecule has 0 aliphatic heterocycles. The Labute approximate surface area is 463 Å². The van der Waals surface area contributed by atoms with Crippen molar-refractivity contribution in [1.29, 1.82) is 0 Å². The van der Waals surface area contributed by atoms with Gasteiger partial charge in [0.05, 0.1) is 16.5 Å². The zero-order chi connectivity index (χ0) is 52.7. The van der Waals surface area contributed by atoms with Crippen molar-refractivity contribution in [3.63, 3.8) is 0 Å². The average Bonchev–Trinajstić information content (AvgIpc) is 2.26. The lowest BCUT2D eigenvalue weighted by Gasteiger charge is -2.50. The van der Waals surface area contributed by atoms with Crippen LogP contribution in [0.2, 0.25) is 0 Å². The number of nitrogens with zero attached hydrogens (tertiary/aromatic N) is 2. The number of anilines is 6. The Morgan fingerprint density at radius 3 is 1.22 bits per heavy atom. The largest absolute Gasteiger partial charge is 0.311 e. The normalized spacial score (nSPS) is 14.3. The summed E-state index contributed by atoms with van der Waals surface area (Å²) in [5.41, 5.74) is 25.6. The Balaban J connectivity index is 0.961. The van der Waals surface area contributed by atoms with Gasteiger partial charge in [-0.25, -0.2) is 0 Å². The fourth-order valence-corrected chi connectivity index (χ4v) is 14.3. The van der Waals surface area contributed by atoms with E-state index in [2.05, 4.69) is 327 Å². The van der Waals surface area contributed by atoms with E-state index >= 15 is 0 Å². The first-order chi connectivity index (χ1) is 39.0. The van der Waals surface area contributed by atoms with Crippen molar-refractivity contribution >= 4 is 34.1 Å². The molecule has 3 aliphatic carbocycles. The highest BCUT2D eigenvalue weighted by Crippen LogP contribution is 2.66. The number of benzene rings is 12. The molecule has 12 aromatic rings. The van der Waals surface area contributed by atoms with E-state index in [1.807, 2.05) is 0 Å². The zero-order valence-electron chi connectivity index (χ0n) is 44.3. The molecule has 0 amide bonds. The van der Waals surface area contributed by atoms with Gasteiger partial charge in [-0.15, -0.1) is 0 Å². The van der Waals surface area contributed by atoms with Crippen LogP contribution in [0.15, 0.2) is 303 Å². The van der Waals surface area contributed by atoms with Crippen LogP contribution in [0.5, 0.6) is 0 Å². The number of rotatable bonds is 9. The molecule has 0 aromatic heterocycles. The maximum absolute atomic E-state index is 2.54. The maximum atomic E-state index is 2.54. The maximum Gasteiger partial charge on any atom is 0.0720 e. The predicted octanol–water partition coefficient (Wildman–Crippen LogP) is 19.7. The molecule has 0 atom stereocenters. The minimum Gasteiger partial charge on any atom is -0.311 e. The van der Waals surface area contributed by atoms with Gasteiger partial charge >= 0.3 is 0 Å². The summed E-state index contributed by atoms with van der Waals surface area (Å²) in [6.45, 7) is 4.77. The van der Waals surface area contributed by atoms with Gasteiger partial charge in [-0.05, 0) is 150 Å². The second-order valence-corrected chi connectivity index (χ2v) is 21.9. The van der Waals surface area contributed by atoms with Gasteiger partial charge in [-0.3, -0.25) is 0 Å². The molecule has 79 heavy (non-hydrogen) atoms. The summed E-state index contributed by atoms with van der Waals surface area (Å²) in [5, 5.41) is 0. The molecule has 12 aromatic carbocycles. The molecule has 0 heterocycles. The fraction of sp³-hybridized carbons (Fsp3) is 0.0649. The molecule has 1 spiro atoms. The minimum absolute atomic E-state index is 0.196. The van der Waals surface area contributed by atoms with Crippen molar-refractivity contribution in [3.05, 3.63) is 359 Å². The Morgan fingerprint density at radius 1 is 0.241 bits per heavy atom. The highest BCUT2D eigenvalue weighted by atomic mass is 15.2. The van der Waals surface area contributed by atoms with Gasteiger partial charge < -0.3 is 9.80 Å². The van der Waals surface area contributed by atoms with Crippen molar-refractivity contribution in [2.45, 2.75) is 30.1 Å². The van der Waals surface area contributed by atoms with Crippen LogP contribution >= 0.6 is 0 Å². The molecule has 0 bridgehead atoms. The molecular weight excluding hydrogens is 953 g/mol. The highest BCUT2D eigenvalue weighted by Gasteiger charge is 2.57. The van der Waals surface area contributed by atoms with E-state index in [0.717, 1.165) is 34.1 Å². The van der Waals surface area contributed by atoms with Crippen molar-refractivity contribution in [2.75, 3.05) is 9.80 Å². The molecule has 0 radical (unpaired) electrons. The lowest BCUT2D eigenvalue weighted by Crippen LogP contribution is -2.44. The van der Waals surface area contributed by atoms with Crippen LogP contribution in [-0.2, 0) is 16.2 Å². The van der Waals surface area contributed by atoms with Crippen LogP contribution in [0, 0.1) is 0 Å². The summed E-state index contributed by atoms with van der Waals surface area (Å²) in [5.74, 6) is 0. The van der Waals surface area contributed by atoms with Crippen LogP contribution in [0.1, 0.15) is 69.5 Å². The second kappa shape index (κ2) is 18.2. The van der Waals surface area contributed by atoms with E-state index in [9.17, 15) is 0 Å². The van der Waals surface area contributed by atoms with Crippen LogP contribution in [0.3, 0.4) is 0 Å². The first-order valence-electron chi connectivity index (χ1n) is 27.7. The Morgan fingerprint density at radius 2 is 0.633 bits per heavy atom. The topological polar surface area (TPSA) is 6.48 Å². The molecule has 0 N–H and O–H groups in total. The van der Waals surface area contributed by atoms with E-state index < -0.39 is 10.8 Å².